The highest BCUT2D eigenvalue weighted by Gasteiger charge is 2.54. The minimum atomic E-state index is 0.697. The van der Waals surface area contributed by atoms with Crippen molar-refractivity contribution in [1.82, 2.24) is 10.6 Å². The van der Waals surface area contributed by atoms with Gasteiger partial charge in [-0.3, -0.25) is 0 Å². The Balaban J connectivity index is 1.61. The molecule has 2 nitrogen and oxygen atoms in total. The highest BCUT2D eigenvalue weighted by Crippen LogP contribution is 2.57. The zero-order valence-corrected chi connectivity index (χ0v) is 12.3. The van der Waals surface area contributed by atoms with Crippen LogP contribution in [0.2, 0.25) is 0 Å². The predicted molar refractivity (Wildman–Crippen MR) is 79.1 cm³/mol. The summed E-state index contributed by atoms with van der Waals surface area (Å²) in [5, 5.41) is 7.30. The van der Waals surface area contributed by atoms with Gasteiger partial charge in [0.05, 0.1) is 0 Å². The SMILES string of the molecule is C1CCC2(CCNC2)C(C2CCCCC23CNC3)C1. The maximum Gasteiger partial charge on any atom is 0.00230 e. The molecule has 0 aromatic carbocycles. The zero-order chi connectivity index (χ0) is 12.8. The molecule has 0 bridgehead atoms. The van der Waals surface area contributed by atoms with Gasteiger partial charge in [-0.25, -0.2) is 0 Å². The highest BCUT2D eigenvalue weighted by molar-refractivity contribution is 5.07. The van der Waals surface area contributed by atoms with Gasteiger partial charge in [0, 0.05) is 19.6 Å². The summed E-state index contributed by atoms with van der Waals surface area (Å²) < 4.78 is 0. The summed E-state index contributed by atoms with van der Waals surface area (Å²) in [5.74, 6) is 2.08. The van der Waals surface area contributed by atoms with Crippen LogP contribution in [0.15, 0.2) is 0 Å². The number of nitrogens with one attached hydrogen (secondary N) is 2. The Hall–Kier alpha value is -0.0800. The summed E-state index contributed by atoms with van der Waals surface area (Å²) in [5.41, 5.74) is 1.42. The van der Waals surface area contributed by atoms with E-state index in [1.165, 1.54) is 84.0 Å². The molecule has 2 N–H and O–H groups in total. The van der Waals surface area contributed by atoms with Gasteiger partial charge in [0.25, 0.3) is 0 Å². The van der Waals surface area contributed by atoms with Crippen molar-refractivity contribution in [3.8, 4) is 0 Å². The van der Waals surface area contributed by atoms with E-state index in [1.54, 1.807) is 0 Å². The van der Waals surface area contributed by atoms with Crippen LogP contribution in [0, 0.1) is 22.7 Å². The van der Waals surface area contributed by atoms with E-state index in [0.29, 0.717) is 5.41 Å². The topological polar surface area (TPSA) is 24.1 Å². The van der Waals surface area contributed by atoms with Crippen molar-refractivity contribution in [3.63, 3.8) is 0 Å². The van der Waals surface area contributed by atoms with Crippen LogP contribution in [0.5, 0.6) is 0 Å². The molecular formula is C17H30N2. The maximum absolute atomic E-state index is 3.70. The second kappa shape index (κ2) is 4.73. The van der Waals surface area contributed by atoms with Crippen LogP contribution in [-0.2, 0) is 0 Å². The first-order valence-electron chi connectivity index (χ1n) is 8.76. The zero-order valence-electron chi connectivity index (χ0n) is 12.3. The molecule has 0 aromatic rings. The van der Waals surface area contributed by atoms with Gasteiger partial charge in [-0.2, -0.15) is 0 Å². The van der Waals surface area contributed by atoms with Crippen molar-refractivity contribution >= 4 is 0 Å². The van der Waals surface area contributed by atoms with E-state index in [4.69, 9.17) is 0 Å². The van der Waals surface area contributed by atoms with Crippen LogP contribution < -0.4 is 10.6 Å². The third-order valence-electron chi connectivity index (χ3n) is 7.17. The fourth-order valence-electron chi connectivity index (χ4n) is 6.10. The summed E-state index contributed by atoms with van der Waals surface area (Å²) >= 11 is 0. The molecule has 0 amide bonds. The molecule has 2 heteroatoms. The Morgan fingerprint density at radius 3 is 1.84 bits per heavy atom. The predicted octanol–water partition coefficient (Wildman–Crippen LogP) is 2.94. The second-order valence-corrected chi connectivity index (χ2v) is 7.96. The minimum absolute atomic E-state index is 0.697. The van der Waals surface area contributed by atoms with E-state index in [-0.39, 0.29) is 0 Å². The summed E-state index contributed by atoms with van der Waals surface area (Å²) in [7, 11) is 0. The summed E-state index contributed by atoms with van der Waals surface area (Å²) in [4.78, 5) is 0. The van der Waals surface area contributed by atoms with Gasteiger partial charge >= 0.3 is 0 Å². The summed E-state index contributed by atoms with van der Waals surface area (Å²) in [6.07, 6.45) is 13.6. The van der Waals surface area contributed by atoms with E-state index < -0.39 is 0 Å². The Labute approximate surface area is 118 Å². The fraction of sp³-hybridized carbons (Fsp3) is 1.00. The largest absolute Gasteiger partial charge is 0.316 e. The quantitative estimate of drug-likeness (QED) is 0.759. The highest BCUT2D eigenvalue weighted by atomic mass is 15.0. The monoisotopic (exact) mass is 262 g/mol. The van der Waals surface area contributed by atoms with Crippen LogP contribution >= 0.6 is 0 Å². The average Bonchev–Trinajstić information content (AvgIpc) is 2.86. The third kappa shape index (κ3) is 1.90. The van der Waals surface area contributed by atoms with Crippen LogP contribution in [0.1, 0.15) is 57.8 Å². The molecule has 4 rings (SSSR count). The minimum Gasteiger partial charge on any atom is -0.316 e. The van der Waals surface area contributed by atoms with Crippen LogP contribution in [0.3, 0.4) is 0 Å². The van der Waals surface area contributed by atoms with Gasteiger partial charge in [0.2, 0.25) is 0 Å². The van der Waals surface area contributed by atoms with E-state index in [2.05, 4.69) is 10.6 Å². The molecule has 4 aliphatic rings. The standard InChI is InChI=1S/C17H30N2/c1-3-7-16(9-10-18-11-16)14(5-1)15-6-2-4-8-17(15)12-19-13-17/h14-15,18-19H,1-13H2. The lowest BCUT2D eigenvalue weighted by molar-refractivity contribution is -0.0609. The Morgan fingerprint density at radius 1 is 0.632 bits per heavy atom. The van der Waals surface area contributed by atoms with E-state index in [1.807, 2.05) is 0 Å². The number of hydrogen-bond acceptors (Lipinski definition) is 2. The molecule has 2 saturated carbocycles. The second-order valence-electron chi connectivity index (χ2n) is 7.96. The Kier molecular flexibility index (Phi) is 3.15. The molecule has 2 spiro atoms. The smallest absolute Gasteiger partial charge is 0.00230 e. The molecule has 2 aliphatic heterocycles. The summed E-state index contributed by atoms with van der Waals surface area (Å²) in [6.45, 7) is 5.28. The molecule has 3 unspecified atom stereocenters. The first-order chi connectivity index (χ1) is 9.35. The fourth-order valence-corrected chi connectivity index (χ4v) is 6.10. The van der Waals surface area contributed by atoms with Gasteiger partial charge in [0.1, 0.15) is 0 Å². The van der Waals surface area contributed by atoms with Crippen molar-refractivity contribution in [1.29, 1.82) is 0 Å². The third-order valence-corrected chi connectivity index (χ3v) is 7.17. The molecule has 0 aromatic heterocycles. The maximum atomic E-state index is 3.70. The van der Waals surface area contributed by atoms with E-state index in [9.17, 15) is 0 Å². The molecule has 2 heterocycles. The Morgan fingerprint density at radius 2 is 1.26 bits per heavy atom. The molecular weight excluding hydrogens is 232 g/mol. The van der Waals surface area contributed by atoms with Crippen molar-refractivity contribution in [2.75, 3.05) is 26.2 Å². The number of hydrogen-bond donors (Lipinski definition) is 2. The lowest BCUT2D eigenvalue weighted by atomic mass is 9.50. The first kappa shape index (κ1) is 12.6. The van der Waals surface area contributed by atoms with Crippen LogP contribution in [-0.4, -0.2) is 26.2 Å². The van der Waals surface area contributed by atoms with Crippen molar-refractivity contribution in [2.24, 2.45) is 22.7 Å². The summed E-state index contributed by atoms with van der Waals surface area (Å²) in [6, 6.07) is 0. The van der Waals surface area contributed by atoms with Crippen molar-refractivity contribution < 1.29 is 0 Å². The normalized spacial score (nSPS) is 45.5. The average molecular weight is 262 g/mol. The molecule has 19 heavy (non-hydrogen) atoms. The molecule has 4 fully saturated rings. The van der Waals surface area contributed by atoms with E-state index >= 15 is 0 Å². The van der Waals surface area contributed by atoms with Gasteiger partial charge in [-0.1, -0.05) is 25.7 Å². The van der Waals surface area contributed by atoms with Crippen molar-refractivity contribution in [3.05, 3.63) is 0 Å². The van der Waals surface area contributed by atoms with Gasteiger partial charge < -0.3 is 10.6 Å². The van der Waals surface area contributed by atoms with Gasteiger partial charge in [-0.15, -0.1) is 0 Å². The number of rotatable bonds is 1. The van der Waals surface area contributed by atoms with Crippen LogP contribution in [0.4, 0.5) is 0 Å². The van der Waals surface area contributed by atoms with E-state index in [0.717, 1.165) is 17.3 Å². The lowest BCUT2D eigenvalue weighted by Gasteiger charge is -2.58. The molecule has 2 aliphatic carbocycles. The molecule has 3 atom stereocenters. The van der Waals surface area contributed by atoms with Crippen molar-refractivity contribution in [2.45, 2.75) is 57.8 Å². The van der Waals surface area contributed by atoms with Gasteiger partial charge in [0.15, 0.2) is 0 Å². The Bertz CT molecular complexity index is 328. The molecule has 0 radical (unpaired) electrons. The van der Waals surface area contributed by atoms with Crippen LogP contribution in [0.25, 0.3) is 0 Å². The lowest BCUT2D eigenvalue weighted by Crippen LogP contribution is -2.62. The molecule has 2 saturated heterocycles. The van der Waals surface area contributed by atoms with Gasteiger partial charge in [-0.05, 0) is 61.3 Å². The first-order valence-corrected chi connectivity index (χ1v) is 8.76. The molecule has 108 valence electrons.